The zero-order valence-corrected chi connectivity index (χ0v) is 17.2. The van der Waals surface area contributed by atoms with Crippen molar-refractivity contribution in [1.29, 1.82) is 0 Å². The Hall–Kier alpha value is -3.44. The Balaban J connectivity index is 1.65. The van der Waals surface area contributed by atoms with Gasteiger partial charge >= 0.3 is 5.97 Å². The molecule has 1 heterocycles. The van der Waals surface area contributed by atoms with E-state index in [2.05, 4.69) is 28.2 Å². The zero-order chi connectivity index (χ0) is 21.1. The Kier molecular flexibility index (Phi) is 5.63. The normalized spacial score (nSPS) is 10.9. The van der Waals surface area contributed by atoms with Gasteiger partial charge in [0, 0.05) is 35.2 Å². The number of benzene rings is 3. The number of carbonyl (C=O) groups is 1. The predicted octanol–water partition coefficient (Wildman–Crippen LogP) is 5.66. The minimum Gasteiger partial charge on any atom is -0.495 e. The number of ether oxygens (including phenoxy) is 1. The van der Waals surface area contributed by atoms with Crippen LogP contribution in [0.5, 0.6) is 5.75 Å². The number of fused-ring (bicyclic) bond motifs is 1. The van der Waals surface area contributed by atoms with Crippen LogP contribution in [0.1, 0.15) is 21.5 Å². The van der Waals surface area contributed by atoms with E-state index >= 15 is 0 Å². The first kappa shape index (κ1) is 19.9. The fraction of sp³-hybridized carbons (Fsp3) is 0.125. The summed E-state index contributed by atoms with van der Waals surface area (Å²) >= 11 is 6.36. The maximum Gasteiger partial charge on any atom is 0.335 e. The second kappa shape index (κ2) is 8.51. The number of carboxylic acid groups (broad SMARTS) is 1. The lowest BCUT2D eigenvalue weighted by atomic mass is 10.1. The lowest BCUT2D eigenvalue weighted by Gasteiger charge is -2.11. The summed E-state index contributed by atoms with van der Waals surface area (Å²) in [5.41, 5.74) is 4.11. The summed E-state index contributed by atoms with van der Waals surface area (Å²) in [6.45, 7) is 1.19. The van der Waals surface area contributed by atoms with Crippen molar-refractivity contribution in [2.45, 2.75) is 13.1 Å². The quantitative estimate of drug-likeness (QED) is 0.405. The Morgan fingerprint density at radius 2 is 1.83 bits per heavy atom. The lowest BCUT2D eigenvalue weighted by molar-refractivity contribution is 0.0697. The SMILES string of the molecule is COc1ccc(C(=O)O)cc1NCc1cn(Cc2ccccc2Cl)c2ccccc12. The Morgan fingerprint density at radius 3 is 2.60 bits per heavy atom. The third-order valence-electron chi connectivity index (χ3n) is 5.09. The van der Waals surface area contributed by atoms with Crippen LogP contribution in [0.2, 0.25) is 5.02 Å². The van der Waals surface area contributed by atoms with E-state index < -0.39 is 5.97 Å². The molecule has 0 aliphatic carbocycles. The molecule has 1 aromatic heterocycles. The molecule has 0 bridgehead atoms. The number of para-hydroxylation sites is 1. The summed E-state index contributed by atoms with van der Waals surface area (Å²) in [6.07, 6.45) is 2.11. The van der Waals surface area contributed by atoms with Crippen LogP contribution in [0.3, 0.4) is 0 Å². The summed E-state index contributed by atoms with van der Waals surface area (Å²) in [4.78, 5) is 11.3. The molecule has 0 spiro atoms. The van der Waals surface area contributed by atoms with Crippen LogP contribution < -0.4 is 10.1 Å². The molecule has 4 rings (SSSR count). The van der Waals surface area contributed by atoms with Crippen LogP contribution >= 0.6 is 11.6 Å². The highest BCUT2D eigenvalue weighted by atomic mass is 35.5. The van der Waals surface area contributed by atoms with Gasteiger partial charge in [0.15, 0.2) is 0 Å². The third kappa shape index (κ3) is 3.98. The van der Waals surface area contributed by atoms with Gasteiger partial charge < -0.3 is 19.7 Å². The van der Waals surface area contributed by atoms with Crippen LogP contribution in [0.25, 0.3) is 10.9 Å². The molecule has 4 aromatic rings. The minimum atomic E-state index is -0.975. The minimum absolute atomic E-state index is 0.208. The molecule has 0 unspecified atom stereocenters. The molecule has 0 saturated carbocycles. The number of aromatic carboxylic acids is 1. The van der Waals surface area contributed by atoms with E-state index in [0.717, 1.165) is 27.1 Å². The number of halogens is 1. The largest absolute Gasteiger partial charge is 0.495 e. The first-order chi connectivity index (χ1) is 14.6. The van der Waals surface area contributed by atoms with Gasteiger partial charge in [-0.3, -0.25) is 0 Å². The Bertz CT molecular complexity index is 1220. The first-order valence-corrected chi connectivity index (χ1v) is 9.90. The molecule has 30 heavy (non-hydrogen) atoms. The van der Waals surface area contributed by atoms with Crippen molar-refractivity contribution in [3.8, 4) is 5.75 Å². The monoisotopic (exact) mass is 420 g/mol. The summed E-state index contributed by atoms with van der Waals surface area (Å²) < 4.78 is 7.56. The second-order valence-corrected chi connectivity index (χ2v) is 7.37. The van der Waals surface area contributed by atoms with Crippen molar-refractivity contribution in [2.75, 3.05) is 12.4 Å². The lowest BCUT2D eigenvalue weighted by Crippen LogP contribution is -2.04. The molecule has 0 amide bonds. The average Bonchev–Trinajstić information content (AvgIpc) is 3.11. The first-order valence-electron chi connectivity index (χ1n) is 9.52. The molecular weight excluding hydrogens is 400 g/mol. The van der Waals surface area contributed by atoms with E-state index in [1.807, 2.05) is 36.4 Å². The Labute approximate surface area is 179 Å². The predicted molar refractivity (Wildman–Crippen MR) is 120 cm³/mol. The number of nitrogens with zero attached hydrogens (tertiary/aromatic N) is 1. The van der Waals surface area contributed by atoms with Gasteiger partial charge in [-0.15, -0.1) is 0 Å². The molecule has 6 heteroatoms. The van der Waals surface area contributed by atoms with Gasteiger partial charge in [-0.2, -0.15) is 0 Å². The van der Waals surface area contributed by atoms with Gasteiger partial charge in [0.2, 0.25) is 0 Å². The average molecular weight is 421 g/mol. The maximum atomic E-state index is 11.3. The van der Waals surface area contributed by atoms with Crippen LogP contribution in [0.15, 0.2) is 72.9 Å². The van der Waals surface area contributed by atoms with Crippen LogP contribution in [-0.2, 0) is 13.1 Å². The van der Waals surface area contributed by atoms with Gasteiger partial charge in [0.05, 0.1) is 18.4 Å². The van der Waals surface area contributed by atoms with Crippen LogP contribution in [0, 0.1) is 0 Å². The number of aromatic nitrogens is 1. The molecule has 0 aliphatic rings. The molecule has 2 N–H and O–H groups in total. The molecule has 152 valence electrons. The molecule has 0 saturated heterocycles. The molecule has 0 aliphatic heterocycles. The van der Waals surface area contributed by atoms with E-state index in [-0.39, 0.29) is 5.56 Å². The molecule has 5 nitrogen and oxygen atoms in total. The van der Waals surface area contributed by atoms with Crippen molar-refractivity contribution in [1.82, 2.24) is 4.57 Å². The number of hydrogen-bond donors (Lipinski definition) is 2. The maximum absolute atomic E-state index is 11.3. The second-order valence-electron chi connectivity index (χ2n) is 6.96. The molecule has 3 aromatic carbocycles. The van der Waals surface area contributed by atoms with Crippen molar-refractivity contribution in [3.63, 3.8) is 0 Å². The highest BCUT2D eigenvalue weighted by molar-refractivity contribution is 6.31. The summed E-state index contributed by atoms with van der Waals surface area (Å²) in [5.74, 6) is -0.378. The van der Waals surface area contributed by atoms with Gasteiger partial charge in [-0.1, -0.05) is 48.0 Å². The fourth-order valence-electron chi connectivity index (χ4n) is 3.57. The fourth-order valence-corrected chi connectivity index (χ4v) is 3.77. The number of carboxylic acids is 1. The van der Waals surface area contributed by atoms with E-state index in [4.69, 9.17) is 16.3 Å². The number of anilines is 1. The van der Waals surface area contributed by atoms with Crippen LogP contribution in [-0.4, -0.2) is 22.8 Å². The van der Waals surface area contributed by atoms with Crippen molar-refractivity contribution in [2.24, 2.45) is 0 Å². The van der Waals surface area contributed by atoms with Gasteiger partial charge in [-0.25, -0.2) is 4.79 Å². The highest BCUT2D eigenvalue weighted by Crippen LogP contribution is 2.29. The smallest absolute Gasteiger partial charge is 0.335 e. The number of nitrogens with one attached hydrogen (secondary N) is 1. The van der Waals surface area contributed by atoms with Gasteiger partial charge in [0.25, 0.3) is 0 Å². The highest BCUT2D eigenvalue weighted by Gasteiger charge is 2.12. The van der Waals surface area contributed by atoms with Crippen molar-refractivity contribution >= 4 is 34.2 Å². The summed E-state index contributed by atoms with van der Waals surface area (Å²) in [5, 5.41) is 14.5. The number of rotatable bonds is 7. The molecular formula is C24H21ClN2O3. The Morgan fingerprint density at radius 1 is 1.07 bits per heavy atom. The van der Waals surface area contributed by atoms with Gasteiger partial charge in [0.1, 0.15) is 5.75 Å². The standard InChI is InChI=1S/C24H21ClN2O3/c1-30-23-11-10-16(24(28)29)12-21(23)26-13-18-15-27(22-9-5-3-7-19(18)22)14-17-6-2-4-8-20(17)25/h2-12,15,26H,13-14H2,1H3,(H,28,29). The van der Waals surface area contributed by atoms with Crippen LogP contribution in [0.4, 0.5) is 5.69 Å². The summed E-state index contributed by atoms with van der Waals surface area (Å²) in [6, 6.07) is 20.8. The third-order valence-corrected chi connectivity index (χ3v) is 5.45. The molecule has 0 fully saturated rings. The topological polar surface area (TPSA) is 63.5 Å². The van der Waals surface area contributed by atoms with Crippen molar-refractivity contribution in [3.05, 3.63) is 94.6 Å². The van der Waals surface area contributed by atoms with E-state index in [9.17, 15) is 9.90 Å². The molecule has 0 atom stereocenters. The molecule has 0 radical (unpaired) electrons. The van der Waals surface area contributed by atoms with Gasteiger partial charge in [-0.05, 0) is 41.5 Å². The van der Waals surface area contributed by atoms with E-state index in [0.29, 0.717) is 24.5 Å². The van der Waals surface area contributed by atoms with Crippen molar-refractivity contribution < 1.29 is 14.6 Å². The summed E-state index contributed by atoms with van der Waals surface area (Å²) in [7, 11) is 1.57. The number of hydrogen-bond acceptors (Lipinski definition) is 3. The zero-order valence-electron chi connectivity index (χ0n) is 16.4. The van der Waals surface area contributed by atoms with E-state index in [1.165, 1.54) is 6.07 Å². The number of methoxy groups -OCH3 is 1. The van der Waals surface area contributed by atoms with E-state index in [1.54, 1.807) is 19.2 Å².